The van der Waals surface area contributed by atoms with Crippen molar-refractivity contribution in [3.8, 4) is 0 Å². The first-order valence-corrected chi connectivity index (χ1v) is 17.5. The number of carboxylic acids is 1. The van der Waals surface area contributed by atoms with E-state index in [0.717, 1.165) is 77.6 Å². The molecule has 2 saturated heterocycles. The zero-order valence-corrected chi connectivity index (χ0v) is 29.0. The Labute approximate surface area is 288 Å². The third-order valence-electron chi connectivity index (χ3n) is 8.53. The second kappa shape index (κ2) is 23.3. The van der Waals surface area contributed by atoms with Gasteiger partial charge in [0.1, 0.15) is 62.0 Å². The second-order valence-electron chi connectivity index (χ2n) is 12.9. The lowest BCUT2D eigenvalue weighted by Crippen LogP contribution is -2.65. The number of carboxylic acid groups (broad SMARTS) is 1. The number of esters is 2. The zero-order chi connectivity index (χ0) is 36.3. The average Bonchev–Trinajstić information content (AvgIpc) is 3.04. The van der Waals surface area contributed by atoms with Crippen molar-refractivity contribution in [3.63, 3.8) is 0 Å². The number of unbranched alkanes of at least 4 members (excludes halogenated alkanes) is 9. The van der Waals surface area contributed by atoms with E-state index in [1.807, 2.05) is 6.92 Å². The molecular formula is C34H58O15. The van der Waals surface area contributed by atoms with Crippen molar-refractivity contribution in [3.05, 3.63) is 12.2 Å². The summed E-state index contributed by atoms with van der Waals surface area (Å²) in [7, 11) is 0. The Hall–Kier alpha value is -2.21. The van der Waals surface area contributed by atoms with E-state index in [1.54, 1.807) is 0 Å². The highest BCUT2D eigenvalue weighted by atomic mass is 16.8. The third-order valence-corrected chi connectivity index (χ3v) is 8.53. The molecule has 11 atom stereocenters. The zero-order valence-electron chi connectivity index (χ0n) is 29.0. The third kappa shape index (κ3) is 16.1. The van der Waals surface area contributed by atoms with Crippen molar-refractivity contribution in [2.24, 2.45) is 0 Å². The Morgan fingerprint density at radius 2 is 1.14 bits per heavy atom. The summed E-state index contributed by atoms with van der Waals surface area (Å²) in [4.78, 5) is 33.2. The number of hydrogen-bond acceptors (Lipinski definition) is 14. The van der Waals surface area contributed by atoms with E-state index in [9.17, 15) is 39.9 Å². The number of allylic oxidation sites excluding steroid dienone is 2. The van der Waals surface area contributed by atoms with Crippen LogP contribution in [-0.2, 0) is 42.8 Å². The maximum Gasteiger partial charge on any atom is 0.303 e. The quantitative estimate of drug-likeness (QED) is 0.0506. The van der Waals surface area contributed by atoms with Gasteiger partial charge in [0.25, 0.3) is 0 Å². The van der Waals surface area contributed by atoms with E-state index in [4.69, 9.17) is 33.5 Å². The Balaban J connectivity index is 1.85. The molecule has 15 heteroatoms. The predicted molar refractivity (Wildman–Crippen MR) is 173 cm³/mol. The van der Waals surface area contributed by atoms with Crippen LogP contribution in [0.5, 0.6) is 0 Å². The molecule has 0 amide bonds. The lowest BCUT2D eigenvalue weighted by molar-refractivity contribution is -0.371. The highest BCUT2D eigenvalue weighted by Gasteiger charge is 2.51. The molecule has 2 fully saturated rings. The van der Waals surface area contributed by atoms with Crippen LogP contribution in [0.15, 0.2) is 12.2 Å². The summed E-state index contributed by atoms with van der Waals surface area (Å²) in [6.45, 7) is 3.35. The van der Waals surface area contributed by atoms with Gasteiger partial charge in [0.2, 0.25) is 0 Å². The van der Waals surface area contributed by atoms with Gasteiger partial charge in [-0.05, 0) is 45.4 Å². The summed E-state index contributed by atoms with van der Waals surface area (Å²) in [6, 6.07) is 0. The number of aliphatic hydroxyl groups is 5. The topological polar surface area (TPSA) is 228 Å². The van der Waals surface area contributed by atoms with Crippen LogP contribution in [-0.4, -0.2) is 129 Å². The molecule has 1 unspecified atom stereocenters. The number of aliphatic carboxylic acids is 1. The normalized spacial score (nSPS) is 31.0. The number of ether oxygens (including phenoxy) is 6. The maximum atomic E-state index is 11.4. The summed E-state index contributed by atoms with van der Waals surface area (Å²) < 4.78 is 33.3. The highest BCUT2D eigenvalue weighted by Crippen LogP contribution is 2.31. The molecule has 0 bridgehead atoms. The molecule has 0 spiro atoms. The van der Waals surface area contributed by atoms with Crippen LogP contribution in [0.3, 0.4) is 0 Å². The lowest BCUT2D eigenvalue weighted by Gasteiger charge is -2.46. The van der Waals surface area contributed by atoms with Crippen LogP contribution in [0.2, 0.25) is 0 Å². The first-order chi connectivity index (χ1) is 23.3. The lowest BCUT2D eigenvalue weighted by atomic mass is 9.97. The Morgan fingerprint density at radius 1 is 0.653 bits per heavy atom. The molecule has 2 aliphatic heterocycles. The summed E-state index contributed by atoms with van der Waals surface area (Å²) in [6.07, 6.45) is 0.603. The molecule has 2 aliphatic rings. The summed E-state index contributed by atoms with van der Waals surface area (Å²) in [5.74, 6) is -2.00. The van der Waals surface area contributed by atoms with Crippen LogP contribution in [0.25, 0.3) is 0 Å². The molecule has 0 aromatic carbocycles. The van der Waals surface area contributed by atoms with Crippen molar-refractivity contribution in [1.82, 2.24) is 0 Å². The van der Waals surface area contributed by atoms with E-state index in [-0.39, 0.29) is 13.0 Å². The van der Waals surface area contributed by atoms with Gasteiger partial charge in [-0.3, -0.25) is 14.4 Å². The van der Waals surface area contributed by atoms with Crippen molar-refractivity contribution in [2.45, 2.75) is 172 Å². The van der Waals surface area contributed by atoms with Gasteiger partial charge in [0.15, 0.2) is 12.6 Å². The largest absolute Gasteiger partial charge is 0.481 e. The van der Waals surface area contributed by atoms with Gasteiger partial charge in [-0.2, -0.15) is 0 Å². The Morgan fingerprint density at radius 3 is 1.69 bits per heavy atom. The van der Waals surface area contributed by atoms with Crippen molar-refractivity contribution in [2.75, 3.05) is 13.2 Å². The molecule has 0 aromatic rings. The van der Waals surface area contributed by atoms with Crippen LogP contribution >= 0.6 is 0 Å². The highest BCUT2D eigenvalue weighted by molar-refractivity contribution is 5.66. The first-order valence-electron chi connectivity index (χ1n) is 17.5. The fourth-order valence-electron chi connectivity index (χ4n) is 5.67. The van der Waals surface area contributed by atoms with Gasteiger partial charge in [-0.25, -0.2) is 0 Å². The first kappa shape index (κ1) is 43.0. The van der Waals surface area contributed by atoms with Gasteiger partial charge in [0, 0.05) is 20.3 Å². The average molecular weight is 707 g/mol. The number of carbonyl (C=O) groups excluding carboxylic acids is 2. The van der Waals surface area contributed by atoms with Crippen molar-refractivity contribution >= 4 is 17.9 Å². The molecule has 0 aromatic heterocycles. The number of hydrogen-bond donors (Lipinski definition) is 6. The molecule has 2 heterocycles. The summed E-state index contributed by atoms with van der Waals surface area (Å²) in [5, 5.41) is 61.7. The molecular weight excluding hydrogens is 648 g/mol. The molecule has 284 valence electrons. The second-order valence-corrected chi connectivity index (χ2v) is 12.9. The summed E-state index contributed by atoms with van der Waals surface area (Å²) in [5.41, 5.74) is 0. The fourth-order valence-corrected chi connectivity index (χ4v) is 5.67. The molecule has 0 aliphatic carbocycles. The molecule has 49 heavy (non-hydrogen) atoms. The monoisotopic (exact) mass is 706 g/mol. The number of carbonyl (C=O) groups is 3. The van der Waals surface area contributed by atoms with Crippen LogP contribution in [0.1, 0.15) is 104 Å². The van der Waals surface area contributed by atoms with Crippen LogP contribution in [0.4, 0.5) is 0 Å². The molecule has 0 radical (unpaired) electrons. The van der Waals surface area contributed by atoms with Gasteiger partial charge in [-0.1, -0.05) is 50.7 Å². The predicted octanol–water partition coefficient (Wildman–Crippen LogP) is 1.87. The minimum absolute atomic E-state index is 0.245. The minimum Gasteiger partial charge on any atom is -0.481 e. The van der Waals surface area contributed by atoms with Crippen LogP contribution < -0.4 is 0 Å². The van der Waals surface area contributed by atoms with E-state index >= 15 is 0 Å². The van der Waals surface area contributed by atoms with Gasteiger partial charge < -0.3 is 59.1 Å². The smallest absolute Gasteiger partial charge is 0.303 e. The van der Waals surface area contributed by atoms with E-state index in [1.165, 1.54) is 6.92 Å². The van der Waals surface area contributed by atoms with Gasteiger partial charge in [-0.15, -0.1) is 0 Å². The SMILES string of the molecule is CC(=O)OC[C@H]1O[C@@H](O[C@H]2[C@H](OC(C)CCCCCC/C=C\CCCCCCCC(=O)O)O[C@H](COC(C)=O)[C@@H](O)[C@@H]2O)[C@H](O)[C@@H](O)[C@@H]1O. The van der Waals surface area contributed by atoms with Gasteiger partial charge in [0.05, 0.1) is 6.10 Å². The van der Waals surface area contributed by atoms with Crippen LogP contribution in [0, 0.1) is 0 Å². The van der Waals surface area contributed by atoms with E-state index in [2.05, 4.69) is 12.2 Å². The Bertz CT molecular complexity index is 993. The molecule has 0 saturated carbocycles. The van der Waals surface area contributed by atoms with E-state index in [0.29, 0.717) is 6.42 Å². The number of rotatable bonds is 23. The van der Waals surface area contributed by atoms with Crippen molar-refractivity contribution in [1.29, 1.82) is 0 Å². The van der Waals surface area contributed by atoms with Gasteiger partial charge >= 0.3 is 17.9 Å². The molecule has 2 rings (SSSR count). The molecule has 6 N–H and O–H groups in total. The minimum atomic E-state index is -1.78. The Kier molecular flexibility index (Phi) is 20.4. The van der Waals surface area contributed by atoms with Crippen molar-refractivity contribution < 1.29 is 73.4 Å². The van der Waals surface area contributed by atoms with E-state index < -0.39 is 92.0 Å². The number of aliphatic hydroxyl groups excluding tert-OH is 5. The summed E-state index contributed by atoms with van der Waals surface area (Å²) >= 11 is 0. The fraction of sp³-hybridized carbons (Fsp3) is 0.853. The molecule has 15 nitrogen and oxygen atoms in total. The standard InChI is InChI=1S/C34H58O15/c1-21(17-15-13-11-9-7-5-4-6-8-10-12-14-16-18-26(37)38)46-34-32(30(42)28(40)25(48-34)20-45-23(3)36)49-33-31(43)29(41)27(39)24(47-33)19-44-22(2)35/h4-5,21,24-25,27-34,39-43H,6-20H2,1-3H3,(H,37,38)/b5-4-/t21?,24-,25-,27-,28-,29+,30+,31-,32-,33+,34-/m1/s1. The maximum absolute atomic E-state index is 11.4.